The van der Waals surface area contributed by atoms with Crippen molar-refractivity contribution in [3.8, 4) is 11.5 Å². The smallest absolute Gasteiger partial charge is 0.248 e. The SMILES string of the molecule is COc1ccc(C2CC(=O)C3C(=Nc4ncnn4C3c3ccc(C)cc3)C2)cc1OC. The zero-order chi connectivity index (χ0) is 21.5. The van der Waals surface area contributed by atoms with Crippen LogP contribution in [0.25, 0.3) is 0 Å². The highest BCUT2D eigenvalue weighted by atomic mass is 16.5. The standard InChI is InChI=1S/C24H24N4O3/c1-14-4-6-15(7-5-14)23-22-18(27-24-25-13-26-28(23)24)10-17(11-19(22)29)16-8-9-20(30-2)21(12-16)31-3/h4-9,12-13,17,22-23H,10-11H2,1-3H3. The molecule has 31 heavy (non-hydrogen) atoms. The van der Waals surface area contributed by atoms with E-state index in [1.807, 2.05) is 18.2 Å². The van der Waals surface area contributed by atoms with Gasteiger partial charge in [-0.1, -0.05) is 35.9 Å². The van der Waals surface area contributed by atoms with Gasteiger partial charge in [-0.2, -0.15) is 10.1 Å². The fraction of sp³-hybridized carbons (Fsp3) is 0.333. The van der Waals surface area contributed by atoms with Gasteiger partial charge in [-0.15, -0.1) is 0 Å². The second kappa shape index (κ2) is 7.65. The zero-order valence-corrected chi connectivity index (χ0v) is 17.8. The highest BCUT2D eigenvalue weighted by Gasteiger charge is 2.44. The first-order valence-electron chi connectivity index (χ1n) is 10.4. The van der Waals surface area contributed by atoms with E-state index < -0.39 is 0 Å². The zero-order valence-electron chi connectivity index (χ0n) is 17.8. The molecule has 0 spiro atoms. The molecule has 3 aromatic rings. The normalized spacial score (nSPS) is 22.4. The van der Waals surface area contributed by atoms with E-state index in [4.69, 9.17) is 14.5 Å². The average molecular weight is 416 g/mol. The lowest BCUT2D eigenvalue weighted by atomic mass is 9.72. The van der Waals surface area contributed by atoms with Gasteiger partial charge in [-0.05, 0) is 42.5 Å². The fourth-order valence-corrected chi connectivity index (χ4v) is 4.71. The minimum absolute atomic E-state index is 0.0374. The summed E-state index contributed by atoms with van der Waals surface area (Å²) in [7, 11) is 3.23. The van der Waals surface area contributed by atoms with E-state index in [-0.39, 0.29) is 23.7 Å². The van der Waals surface area contributed by atoms with Gasteiger partial charge in [0.1, 0.15) is 12.1 Å². The Kier molecular flexibility index (Phi) is 4.81. The van der Waals surface area contributed by atoms with Crippen LogP contribution in [0.3, 0.4) is 0 Å². The molecule has 158 valence electrons. The van der Waals surface area contributed by atoms with Crippen LogP contribution in [0, 0.1) is 12.8 Å². The largest absolute Gasteiger partial charge is 0.493 e. The number of carbonyl (C=O) groups is 1. The van der Waals surface area contributed by atoms with Gasteiger partial charge in [-0.3, -0.25) is 4.79 Å². The lowest BCUT2D eigenvalue weighted by molar-refractivity contribution is -0.122. The second-order valence-electron chi connectivity index (χ2n) is 8.13. The van der Waals surface area contributed by atoms with Gasteiger partial charge >= 0.3 is 0 Å². The van der Waals surface area contributed by atoms with E-state index in [1.54, 1.807) is 18.9 Å². The number of fused-ring (bicyclic) bond motifs is 2. The lowest BCUT2D eigenvalue weighted by Crippen LogP contribution is -2.41. The molecule has 0 radical (unpaired) electrons. The number of benzene rings is 2. The monoisotopic (exact) mass is 416 g/mol. The van der Waals surface area contributed by atoms with E-state index in [1.165, 1.54) is 11.9 Å². The number of nitrogens with zero attached hydrogens (tertiary/aromatic N) is 4. The Labute approximate surface area is 180 Å². The van der Waals surface area contributed by atoms with Crippen molar-refractivity contribution in [1.82, 2.24) is 14.8 Å². The molecule has 2 aliphatic rings. The van der Waals surface area contributed by atoms with Crippen LogP contribution in [0.4, 0.5) is 5.95 Å². The summed E-state index contributed by atoms with van der Waals surface area (Å²) in [5, 5.41) is 4.40. The van der Waals surface area contributed by atoms with Crippen molar-refractivity contribution < 1.29 is 14.3 Å². The Hall–Kier alpha value is -3.48. The topological polar surface area (TPSA) is 78.6 Å². The molecule has 2 heterocycles. The summed E-state index contributed by atoms with van der Waals surface area (Å²) < 4.78 is 12.6. The van der Waals surface area contributed by atoms with Crippen LogP contribution in [-0.4, -0.2) is 40.5 Å². The number of ether oxygens (including phenoxy) is 2. The van der Waals surface area contributed by atoms with Crippen molar-refractivity contribution in [2.45, 2.75) is 31.7 Å². The van der Waals surface area contributed by atoms with Crippen LogP contribution < -0.4 is 9.47 Å². The Morgan fingerprint density at radius 2 is 1.71 bits per heavy atom. The Balaban J connectivity index is 1.53. The summed E-state index contributed by atoms with van der Waals surface area (Å²) in [6, 6.07) is 13.9. The third-order valence-electron chi connectivity index (χ3n) is 6.28. The Morgan fingerprint density at radius 1 is 0.968 bits per heavy atom. The molecular weight excluding hydrogens is 392 g/mol. The number of methoxy groups -OCH3 is 2. The molecule has 5 rings (SSSR count). The fourth-order valence-electron chi connectivity index (χ4n) is 4.71. The van der Waals surface area contributed by atoms with E-state index >= 15 is 0 Å². The number of aliphatic imine (C=N–C) groups is 1. The van der Waals surface area contributed by atoms with Crippen LogP contribution in [0.2, 0.25) is 0 Å². The highest BCUT2D eigenvalue weighted by molar-refractivity contribution is 6.10. The van der Waals surface area contributed by atoms with E-state index in [0.717, 1.165) is 16.8 Å². The molecule has 7 nitrogen and oxygen atoms in total. The molecule has 3 unspecified atom stereocenters. The molecule has 1 aliphatic carbocycles. The van der Waals surface area contributed by atoms with Gasteiger partial charge in [0.2, 0.25) is 5.95 Å². The second-order valence-corrected chi connectivity index (χ2v) is 8.13. The Bertz CT molecular complexity index is 1170. The average Bonchev–Trinajstić information content (AvgIpc) is 3.26. The first-order valence-corrected chi connectivity index (χ1v) is 10.4. The van der Waals surface area contributed by atoms with Crippen molar-refractivity contribution in [2.75, 3.05) is 14.2 Å². The molecule has 0 amide bonds. The summed E-state index contributed by atoms with van der Waals surface area (Å²) in [5.74, 6) is 1.78. The number of aryl methyl sites for hydroxylation is 1. The number of carbonyl (C=O) groups excluding carboxylic acids is 1. The molecule has 1 fully saturated rings. The molecule has 1 aromatic heterocycles. The minimum Gasteiger partial charge on any atom is -0.493 e. The third kappa shape index (κ3) is 3.30. The quantitative estimate of drug-likeness (QED) is 0.641. The maximum Gasteiger partial charge on any atom is 0.248 e. The summed E-state index contributed by atoms with van der Waals surface area (Å²) in [5.41, 5.74) is 4.15. The van der Waals surface area contributed by atoms with E-state index in [0.29, 0.717) is 30.3 Å². The third-order valence-corrected chi connectivity index (χ3v) is 6.28. The lowest BCUT2D eigenvalue weighted by Gasteiger charge is -2.37. The van der Waals surface area contributed by atoms with Gasteiger partial charge in [0, 0.05) is 12.1 Å². The van der Waals surface area contributed by atoms with E-state index in [2.05, 4.69) is 41.3 Å². The van der Waals surface area contributed by atoms with Crippen molar-refractivity contribution in [1.29, 1.82) is 0 Å². The van der Waals surface area contributed by atoms with E-state index in [9.17, 15) is 4.79 Å². The van der Waals surface area contributed by atoms with Crippen molar-refractivity contribution in [2.24, 2.45) is 10.9 Å². The number of hydrogen-bond donors (Lipinski definition) is 0. The summed E-state index contributed by atoms with van der Waals surface area (Å²) >= 11 is 0. The molecule has 0 saturated heterocycles. The maximum absolute atomic E-state index is 13.5. The molecule has 0 bridgehead atoms. The first-order chi connectivity index (χ1) is 15.1. The molecule has 7 heteroatoms. The minimum atomic E-state index is -0.326. The summed E-state index contributed by atoms with van der Waals surface area (Å²) in [4.78, 5) is 22.6. The van der Waals surface area contributed by atoms with Crippen molar-refractivity contribution in [3.63, 3.8) is 0 Å². The number of aromatic nitrogens is 3. The van der Waals surface area contributed by atoms with Crippen LogP contribution in [0.15, 0.2) is 53.8 Å². The van der Waals surface area contributed by atoms with Gasteiger partial charge in [0.25, 0.3) is 0 Å². The molecule has 1 saturated carbocycles. The number of ketones is 1. The molecule has 1 aliphatic heterocycles. The maximum atomic E-state index is 13.5. The van der Waals surface area contributed by atoms with Crippen molar-refractivity contribution in [3.05, 3.63) is 65.5 Å². The molecule has 2 aromatic carbocycles. The van der Waals surface area contributed by atoms with Crippen molar-refractivity contribution >= 4 is 17.4 Å². The van der Waals surface area contributed by atoms with Gasteiger partial charge in [0.05, 0.1) is 26.2 Å². The van der Waals surface area contributed by atoms with Crippen LogP contribution in [0.5, 0.6) is 11.5 Å². The first kappa shape index (κ1) is 19.5. The highest BCUT2D eigenvalue weighted by Crippen LogP contribution is 2.44. The molecular formula is C24H24N4O3. The van der Waals surface area contributed by atoms with Crippen LogP contribution in [-0.2, 0) is 4.79 Å². The predicted molar refractivity (Wildman–Crippen MR) is 116 cm³/mol. The number of Topliss-reactive ketones (excluding diaryl/α,β-unsaturated/α-hetero) is 1. The predicted octanol–water partition coefficient (Wildman–Crippen LogP) is 4.04. The molecule has 0 N–H and O–H groups in total. The number of hydrogen-bond acceptors (Lipinski definition) is 6. The van der Waals surface area contributed by atoms with Gasteiger partial charge < -0.3 is 9.47 Å². The number of rotatable bonds is 4. The van der Waals surface area contributed by atoms with Gasteiger partial charge in [0.15, 0.2) is 11.5 Å². The summed E-state index contributed by atoms with van der Waals surface area (Å²) in [6.45, 7) is 2.05. The van der Waals surface area contributed by atoms with Gasteiger partial charge in [-0.25, -0.2) is 9.67 Å². The van der Waals surface area contributed by atoms with Crippen LogP contribution >= 0.6 is 0 Å². The molecule has 3 atom stereocenters. The summed E-state index contributed by atoms with van der Waals surface area (Å²) in [6.07, 6.45) is 2.65. The Morgan fingerprint density at radius 3 is 2.45 bits per heavy atom. The van der Waals surface area contributed by atoms with Crippen LogP contribution in [0.1, 0.15) is 41.5 Å².